The molecule has 5 aliphatic rings. The van der Waals surface area contributed by atoms with Crippen molar-refractivity contribution in [2.45, 2.75) is 76.5 Å². The summed E-state index contributed by atoms with van der Waals surface area (Å²) >= 11 is 0. The van der Waals surface area contributed by atoms with Crippen molar-refractivity contribution < 1.29 is 0 Å². The maximum atomic E-state index is 5.40. The van der Waals surface area contributed by atoms with Gasteiger partial charge in [-0.25, -0.2) is 4.68 Å². The predicted molar refractivity (Wildman–Crippen MR) is 114 cm³/mol. The summed E-state index contributed by atoms with van der Waals surface area (Å²) in [5.74, 6) is 4.20. The second-order valence-corrected chi connectivity index (χ2v) is 10.2. The summed E-state index contributed by atoms with van der Waals surface area (Å²) in [5, 5.41) is 9.18. The SMILES string of the molecule is CCc1ccc(-n2nc(C34CC5CC(CC(C5)C3)C4)c3c2NCCCC3)cc1. The van der Waals surface area contributed by atoms with Crippen molar-refractivity contribution >= 4 is 5.82 Å². The fourth-order valence-electron chi connectivity index (χ4n) is 7.39. The van der Waals surface area contributed by atoms with Gasteiger partial charge in [-0.3, -0.25) is 0 Å². The zero-order chi connectivity index (χ0) is 18.7. The van der Waals surface area contributed by atoms with Crippen LogP contribution in [0.25, 0.3) is 5.69 Å². The Balaban J connectivity index is 1.48. The number of fused-ring (bicyclic) bond motifs is 1. The van der Waals surface area contributed by atoms with Crippen LogP contribution >= 0.6 is 0 Å². The minimum atomic E-state index is 0.374. The predicted octanol–water partition coefficient (Wildman–Crippen LogP) is 5.65. The number of hydrogen-bond donors (Lipinski definition) is 1. The first-order valence-corrected chi connectivity index (χ1v) is 11.7. The van der Waals surface area contributed by atoms with E-state index in [2.05, 4.69) is 41.2 Å². The van der Waals surface area contributed by atoms with Crippen LogP contribution in [0.5, 0.6) is 0 Å². The highest BCUT2D eigenvalue weighted by molar-refractivity contribution is 5.56. The van der Waals surface area contributed by atoms with Crippen LogP contribution in [0.4, 0.5) is 5.82 Å². The first kappa shape index (κ1) is 17.1. The highest BCUT2D eigenvalue weighted by atomic mass is 15.3. The van der Waals surface area contributed by atoms with Crippen LogP contribution in [-0.4, -0.2) is 16.3 Å². The lowest BCUT2D eigenvalue weighted by molar-refractivity contribution is -0.00773. The molecule has 148 valence electrons. The third kappa shape index (κ3) is 2.58. The number of nitrogens with one attached hydrogen (secondary N) is 1. The summed E-state index contributed by atoms with van der Waals surface area (Å²) in [7, 11) is 0. The lowest BCUT2D eigenvalue weighted by Crippen LogP contribution is -2.49. The van der Waals surface area contributed by atoms with Gasteiger partial charge in [0.2, 0.25) is 0 Å². The monoisotopic (exact) mass is 375 g/mol. The van der Waals surface area contributed by atoms with Gasteiger partial charge in [0.05, 0.1) is 11.4 Å². The van der Waals surface area contributed by atoms with E-state index in [0.29, 0.717) is 5.41 Å². The second kappa shape index (κ2) is 6.37. The van der Waals surface area contributed by atoms with Crippen molar-refractivity contribution in [3.63, 3.8) is 0 Å². The van der Waals surface area contributed by atoms with Crippen molar-refractivity contribution in [2.75, 3.05) is 11.9 Å². The van der Waals surface area contributed by atoms with Crippen LogP contribution in [0.15, 0.2) is 24.3 Å². The van der Waals surface area contributed by atoms with Crippen LogP contribution in [0.2, 0.25) is 0 Å². The van der Waals surface area contributed by atoms with Crippen LogP contribution in [0.3, 0.4) is 0 Å². The fraction of sp³-hybridized carbons (Fsp3) is 0.640. The summed E-state index contributed by atoms with van der Waals surface area (Å²) in [6, 6.07) is 9.07. The lowest BCUT2D eigenvalue weighted by Gasteiger charge is -2.56. The Hall–Kier alpha value is -1.77. The molecule has 4 aliphatic carbocycles. The maximum Gasteiger partial charge on any atom is 0.133 e. The van der Waals surface area contributed by atoms with Gasteiger partial charge in [-0.1, -0.05) is 19.1 Å². The van der Waals surface area contributed by atoms with Gasteiger partial charge in [0.25, 0.3) is 0 Å². The van der Waals surface area contributed by atoms with Crippen LogP contribution in [0, 0.1) is 17.8 Å². The molecule has 4 fully saturated rings. The molecule has 0 saturated heterocycles. The Morgan fingerprint density at radius 1 is 1.00 bits per heavy atom. The molecule has 3 heteroatoms. The highest BCUT2D eigenvalue weighted by Crippen LogP contribution is 2.61. The van der Waals surface area contributed by atoms with Gasteiger partial charge in [-0.2, -0.15) is 5.10 Å². The number of aryl methyl sites for hydroxylation is 1. The van der Waals surface area contributed by atoms with E-state index < -0.39 is 0 Å². The quantitative estimate of drug-likeness (QED) is 0.751. The topological polar surface area (TPSA) is 29.9 Å². The van der Waals surface area contributed by atoms with Crippen molar-refractivity contribution in [3.05, 3.63) is 41.1 Å². The standard InChI is InChI=1S/C25H33N3/c1-2-17-6-8-21(9-7-17)28-24-22(5-3-4-10-26-24)23(27-28)25-14-18-11-19(15-25)13-20(12-18)16-25/h6-9,18-20,26H,2-5,10-16H2,1H3. The molecule has 1 aromatic heterocycles. The van der Waals surface area contributed by atoms with Gasteiger partial charge in [-0.05, 0) is 99.7 Å². The minimum Gasteiger partial charge on any atom is -0.370 e. The lowest BCUT2D eigenvalue weighted by atomic mass is 9.48. The second-order valence-electron chi connectivity index (χ2n) is 10.2. The zero-order valence-electron chi connectivity index (χ0n) is 17.2. The van der Waals surface area contributed by atoms with Gasteiger partial charge in [-0.15, -0.1) is 0 Å². The molecule has 4 saturated carbocycles. The van der Waals surface area contributed by atoms with Crippen LogP contribution < -0.4 is 5.32 Å². The van der Waals surface area contributed by atoms with Gasteiger partial charge < -0.3 is 5.32 Å². The summed E-state index contributed by atoms with van der Waals surface area (Å²) in [6.45, 7) is 3.30. The summed E-state index contributed by atoms with van der Waals surface area (Å²) in [6.07, 6.45) is 13.5. The van der Waals surface area contributed by atoms with Gasteiger partial charge in [0, 0.05) is 17.5 Å². The van der Waals surface area contributed by atoms with E-state index in [1.807, 2.05) is 0 Å². The molecule has 28 heavy (non-hydrogen) atoms. The zero-order valence-corrected chi connectivity index (χ0v) is 17.2. The molecule has 7 rings (SSSR count). The van der Waals surface area contributed by atoms with E-state index in [1.54, 1.807) is 5.56 Å². The van der Waals surface area contributed by atoms with E-state index in [9.17, 15) is 0 Å². The number of anilines is 1. The average molecular weight is 376 g/mol. The summed E-state index contributed by atoms with van der Waals surface area (Å²) in [5.41, 5.74) is 6.03. The van der Waals surface area contributed by atoms with Crippen molar-refractivity contribution in [1.82, 2.24) is 9.78 Å². The third-order valence-electron chi connectivity index (χ3n) is 8.26. The normalized spacial score (nSPS) is 33.4. The number of benzene rings is 1. The molecule has 3 nitrogen and oxygen atoms in total. The molecule has 0 atom stereocenters. The molecule has 0 unspecified atom stereocenters. The Morgan fingerprint density at radius 3 is 2.32 bits per heavy atom. The van der Waals surface area contributed by atoms with E-state index in [0.717, 1.165) is 30.7 Å². The Kier molecular flexibility index (Phi) is 3.89. The van der Waals surface area contributed by atoms with Crippen LogP contribution in [0.1, 0.15) is 75.1 Å². The summed E-state index contributed by atoms with van der Waals surface area (Å²) < 4.78 is 2.26. The van der Waals surface area contributed by atoms with Gasteiger partial charge >= 0.3 is 0 Å². The Bertz CT molecular complexity index is 841. The number of aromatic nitrogens is 2. The molecule has 1 N–H and O–H groups in total. The third-order valence-corrected chi connectivity index (χ3v) is 8.26. The van der Waals surface area contributed by atoms with Crippen molar-refractivity contribution in [1.29, 1.82) is 0 Å². The number of hydrogen-bond acceptors (Lipinski definition) is 2. The van der Waals surface area contributed by atoms with E-state index in [-0.39, 0.29) is 0 Å². The van der Waals surface area contributed by atoms with E-state index >= 15 is 0 Å². The molecule has 1 aromatic carbocycles. The average Bonchev–Trinajstić information content (AvgIpc) is 2.89. The Morgan fingerprint density at radius 2 is 1.68 bits per heavy atom. The molecule has 1 aliphatic heterocycles. The molecule has 0 amide bonds. The fourth-order valence-corrected chi connectivity index (χ4v) is 7.39. The largest absolute Gasteiger partial charge is 0.370 e. The highest BCUT2D eigenvalue weighted by Gasteiger charge is 2.53. The first-order valence-electron chi connectivity index (χ1n) is 11.7. The molecule has 0 radical (unpaired) electrons. The molecular formula is C25H33N3. The Labute approximate surface area is 168 Å². The number of rotatable bonds is 3. The minimum absolute atomic E-state index is 0.374. The van der Waals surface area contributed by atoms with Gasteiger partial charge in [0.1, 0.15) is 5.82 Å². The van der Waals surface area contributed by atoms with Crippen molar-refractivity contribution in [2.24, 2.45) is 17.8 Å². The van der Waals surface area contributed by atoms with E-state index in [1.165, 1.54) is 80.6 Å². The van der Waals surface area contributed by atoms with Gasteiger partial charge in [0.15, 0.2) is 0 Å². The number of nitrogens with zero attached hydrogens (tertiary/aromatic N) is 2. The first-order chi connectivity index (χ1) is 13.7. The summed E-state index contributed by atoms with van der Waals surface area (Å²) in [4.78, 5) is 0. The molecule has 4 bridgehead atoms. The molecule has 0 spiro atoms. The van der Waals surface area contributed by atoms with Crippen LogP contribution in [-0.2, 0) is 18.3 Å². The molecular weight excluding hydrogens is 342 g/mol. The smallest absolute Gasteiger partial charge is 0.133 e. The molecule has 2 heterocycles. The van der Waals surface area contributed by atoms with Crippen molar-refractivity contribution in [3.8, 4) is 5.69 Å². The molecule has 2 aromatic rings. The maximum absolute atomic E-state index is 5.40. The van der Waals surface area contributed by atoms with E-state index in [4.69, 9.17) is 5.10 Å².